The average molecular weight is 366 g/mol. The third kappa shape index (κ3) is 2.41. The summed E-state index contributed by atoms with van der Waals surface area (Å²) >= 11 is 0. The molecule has 0 aromatic heterocycles. The van der Waals surface area contributed by atoms with Crippen LogP contribution in [0.25, 0.3) is 11.1 Å². The number of aryl methyl sites for hydroxylation is 1. The highest BCUT2D eigenvalue weighted by molar-refractivity contribution is 7.75. The van der Waals surface area contributed by atoms with Crippen LogP contribution >= 0.6 is 7.37 Å². The van der Waals surface area contributed by atoms with Crippen LogP contribution in [0.1, 0.15) is 5.56 Å². The maximum Gasteiger partial charge on any atom is 0.311 e. The molecule has 0 bridgehead atoms. The molecule has 1 aliphatic heterocycles. The van der Waals surface area contributed by atoms with Crippen LogP contribution in [0.3, 0.4) is 0 Å². The van der Waals surface area contributed by atoms with Crippen molar-refractivity contribution in [2.75, 3.05) is 14.2 Å². The number of hydrogen-bond donors (Lipinski definition) is 0. The fourth-order valence-electron chi connectivity index (χ4n) is 3.36. The molecule has 0 spiro atoms. The second-order valence-corrected chi connectivity index (χ2v) is 8.40. The van der Waals surface area contributed by atoms with Gasteiger partial charge in [0.25, 0.3) is 0 Å². The van der Waals surface area contributed by atoms with E-state index in [2.05, 4.69) is 0 Å². The van der Waals surface area contributed by atoms with Crippen LogP contribution in [0.2, 0.25) is 0 Å². The number of hydrogen-bond acceptors (Lipinski definition) is 4. The second kappa shape index (κ2) is 6.22. The molecule has 0 saturated carbocycles. The van der Waals surface area contributed by atoms with Gasteiger partial charge in [-0.3, -0.25) is 4.57 Å². The zero-order valence-electron chi connectivity index (χ0n) is 14.9. The van der Waals surface area contributed by atoms with E-state index in [4.69, 9.17) is 14.0 Å². The van der Waals surface area contributed by atoms with Crippen molar-refractivity contribution in [2.45, 2.75) is 6.92 Å². The fourth-order valence-corrected chi connectivity index (χ4v) is 5.78. The average Bonchev–Trinajstić information content (AvgIpc) is 2.68. The largest absolute Gasteiger partial charge is 0.496 e. The molecule has 1 aliphatic rings. The van der Waals surface area contributed by atoms with Gasteiger partial charge in [0.1, 0.15) is 17.2 Å². The Balaban J connectivity index is 2.03. The summed E-state index contributed by atoms with van der Waals surface area (Å²) < 4.78 is 31.3. The minimum Gasteiger partial charge on any atom is -0.496 e. The van der Waals surface area contributed by atoms with E-state index in [9.17, 15) is 4.57 Å². The summed E-state index contributed by atoms with van der Waals surface area (Å²) in [5.74, 6) is 1.79. The summed E-state index contributed by atoms with van der Waals surface area (Å²) in [7, 11) is -0.240. The summed E-state index contributed by atoms with van der Waals surface area (Å²) in [5.41, 5.74) is 2.76. The first-order valence-electron chi connectivity index (χ1n) is 8.30. The molecular weight excluding hydrogens is 347 g/mol. The Bertz CT molecular complexity index is 1040. The van der Waals surface area contributed by atoms with Gasteiger partial charge < -0.3 is 14.0 Å². The number of rotatable bonds is 3. The quantitative estimate of drug-likeness (QED) is 0.649. The third-order valence-electron chi connectivity index (χ3n) is 4.64. The maximum atomic E-state index is 14.2. The highest BCUT2D eigenvalue weighted by Crippen LogP contribution is 2.55. The zero-order valence-corrected chi connectivity index (χ0v) is 15.7. The van der Waals surface area contributed by atoms with E-state index in [-0.39, 0.29) is 0 Å². The lowest BCUT2D eigenvalue weighted by Gasteiger charge is -2.30. The molecule has 1 atom stereocenters. The van der Waals surface area contributed by atoms with Crippen LogP contribution in [0.4, 0.5) is 0 Å². The summed E-state index contributed by atoms with van der Waals surface area (Å²) in [6.45, 7) is 1.92. The van der Waals surface area contributed by atoms with Crippen molar-refractivity contribution in [3.8, 4) is 28.4 Å². The minimum absolute atomic E-state index is 0.504. The van der Waals surface area contributed by atoms with Gasteiger partial charge in [0, 0.05) is 5.56 Å². The van der Waals surface area contributed by atoms with Gasteiger partial charge in [0.2, 0.25) is 0 Å². The van der Waals surface area contributed by atoms with Crippen LogP contribution in [0.15, 0.2) is 60.7 Å². The Morgan fingerprint density at radius 2 is 1.46 bits per heavy atom. The summed E-state index contributed by atoms with van der Waals surface area (Å²) in [4.78, 5) is 0. The van der Waals surface area contributed by atoms with Crippen LogP contribution in [0.5, 0.6) is 17.2 Å². The van der Waals surface area contributed by atoms with Crippen LogP contribution in [0, 0.1) is 6.92 Å². The van der Waals surface area contributed by atoms with E-state index in [1.54, 1.807) is 20.3 Å². The minimum atomic E-state index is -3.41. The Hall–Kier alpha value is -2.71. The number of para-hydroxylation sites is 1. The van der Waals surface area contributed by atoms with Crippen molar-refractivity contribution >= 4 is 18.0 Å². The van der Waals surface area contributed by atoms with Crippen LogP contribution < -0.4 is 24.6 Å². The Morgan fingerprint density at radius 1 is 0.808 bits per heavy atom. The van der Waals surface area contributed by atoms with Gasteiger partial charge in [-0.1, -0.05) is 36.4 Å². The van der Waals surface area contributed by atoms with E-state index in [0.29, 0.717) is 27.9 Å². The number of fused-ring (bicyclic) bond motifs is 3. The van der Waals surface area contributed by atoms with Gasteiger partial charge in [-0.25, -0.2) is 0 Å². The van der Waals surface area contributed by atoms with Gasteiger partial charge >= 0.3 is 7.37 Å². The van der Waals surface area contributed by atoms with Crippen molar-refractivity contribution in [1.29, 1.82) is 0 Å². The predicted octanol–water partition coefficient (Wildman–Crippen LogP) is 4.30. The standard InChI is InChI=1S/C21H19O4P/c1-14-12-19(24-3)21(13-18(14)23-2)26(22)20-11-7-5-9-16(20)15-8-4-6-10-17(15)25-26/h4-13H,1-3H3. The number of benzene rings is 3. The first kappa shape index (κ1) is 16.7. The normalized spacial score (nSPS) is 17.7. The van der Waals surface area contributed by atoms with E-state index < -0.39 is 7.37 Å². The fraction of sp³-hybridized carbons (Fsp3) is 0.143. The maximum absolute atomic E-state index is 14.2. The Kier molecular flexibility index (Phi) is 4.01. The molecule has 132 valence electrons. The van der Waals surface area contributed by atoms with Crippen LogP contribution in [-0.2, 0) is 4.57 Å². The van der Waals surface area contributed by atoms with Crippen molar-refractivity contribution in [2.24, 2.45) is 0 Å². The second-order valence-electron chi connectivity index (χ2n) is 6.15. The molecule has 0 saturated heterocycles. The molecule has 5 heteroatoms. The first-order valence-corrected chi connectivity index (χ1v) is 9.93. The molecule has 0 aliphatic carbocycles. The number of ether oxygens (including phenoxy) is 2. The van der Waals surface area contributed by atoms with E-state index >= 15 is 0 Å². The van der Waals surface area contributed by atoms with Crippen LogP contribution in [-0.4, -0.2) is 14.2 Å². The molecule has 0 amide bonds. The molecule has 26 heavy (non-hydrogen) atoms. The lowest BCUT2D eigenvalue weighted by molar-refractivity contribution is 0.402. The van der Waals surface area contributed by atoms with E-state index in [1.165, 1.54) is 0 Å². The molecule has 4 nitrogen and oxygen atoms in total. The predicted molar refractivity (Wildman–Crippen MR) is 104 cm³/mol. The topological polar surface area (TPSA) is 44.8 Å². The first-order chi connectivity index (χ1) is 12.6. The lowest BCUT2D eigenvalue weighted by atomic mass is 10.0. The highest BCUT2D eigenvalue weighted by atomic mass is 31.2. The van der Waals surface area contributed by atoms with E-state index in [1.807, 2.05) is 61.5 Å². The zero-order chi connectivity index (χ0) is 18.3. The van der Waals surface area contributed by atoms with Gasteiger partial charge in [-0.15, -0.1) is 0 Å². The van der Waals surface area contributed by atoms with Crippen molar-refractivity contribution < 1.29 is 18.6 Å². The van der Waals surface area contributed by atoms with Crippen molar-refractivity contribution in [3.05, 3.63) is 66.2 Å². The van der Waals surface area contributed by atoms with Gasteiger partial charge in [-0.05, 0) is 42.3 Å². The summed E-state index contributed by atoms with van der Waals surface area (Å²) in [6, 6.07) is 18.9. The summed E-state index contributed by atoms with van der Waals surface area (Å²) in [6.07, 6.45) is 0. The molecule has 0 fully saturated rings. The van der Waals surface area contributed by atoms with E-state index in [0.717, 1.165) is 16.7 Å². The molecule has 0 N–H and O–H groups in total. The summed E-state index contributed by atoms with van der Waals surface area (Å²) in [5, 5.41) is 1.17. The molecular formula is C21H19O4P. The molecule has 1 heterocycles. The number of methoxy groups -OCH3 is 2. The molecule has 1 unspecified atom stereocenters. The Labute approximate surface area is 152 Å². The third-order valence-corrected chi connectivity index (χ3v) is 7.10. The lowest BCUT2D eigenvalue weighted by Crippen LogP contribution is -2.26. The van der Waals surface area contributed by atoms with Crippen molar-refractivity contribution in [1.82, 2.24) is 0 Å². The Morgan fingerprint density at radius 3 is 2.19 bits per heavy atom. The molecule has 0 radical (unpaired) electrons. The SMILES string of the molecule is COc1cc(P2(=O)Oc3ccccc3-c3ccccc32)c(OC)cc1C. The monoisotopic (exact) mass is 366 g/mol. The highest BCUT2D eigenvalue weighted by Gasteiger charge is 2.40. The smallest absolute Gasteiger partial charge is 0.311 e. The van der Waals surface area contributed by atoms with Gasteiger partial charge in [0.15, 0.2) is 0 Å². The van der Waals surface area contributed by atoms with Crippen molar-refractivity contribution in [3.63, 3.8) is 0 Å². The van der Waals surface area contributed by atoms with Gasteiger partial charge in [-0.2, -0.15) is 0 Å². The van der Waals surface area contributed by atoms with Gasteiger partial charge in [0.05, 0.1) is 24.8 Å². The molecule has 3 aromatic rings. The molecule has 3 aromatic carbocycles. The molecule has 4 rings (SSSR count).